The number of nitrogens with two attached hydrogens (primary N) is 1. The maximum Gasteiger partial charge on any atom is 0.186 e. The molecule has 1 fully saturated rings. The zero-order valence-electron chi connectivity index (χ0n) is 14.3. The molecule has 27 heavy (non-hydrogen) atoms. The number of nitrogens with zero attached hydrogens (tertiary/aromatic N) is 7. The molecular weight excluding hydrogens is 362 g/mol. The van der Waals surface area contributed by atoms with Crippen LogP contribution in [0.4, 0.5) is 22.6 Å². The lowest BCUT2D eigenvalue weighted by molar-refractivity contribution is 0.493. The fourth-order valence-electron chi connectivity index (χ4n) is 3.03. The topological polar surface area (TPSA) is 140 Å². The van der Waals surface area contributed by atoms with Crippen LogP contribution < -0.4 is 16.0 Å². The molecule has 3 aromatic heterocycles. The normalized spacial score (nSPS) is 16.7. The van der Waals surface area contributed by atoms with Crippen LogP contribution in [0.2, 0.25) is 0 Å². The Hall–Kier alpha value is -3.50. The minimum absolute atomic E-state index is 0.000846. The summed E-state index contributed by atoms with van der Waals surface area (Å²) in [6, 6.07) is 6.09. The minimum atomic E-state index is 0.000846. The van der Waals surface area contributed by atoms with Crippen molar-refractivity contribution in [2.45, 2.75) is 12.8 Å². The standard InChI is InChI=1S/C17H15N9S/c18-5-10-2-1-3-26(8-10)17-25-14-11(6-19)7-21-16(15(14)27-17)24-13-4-12(20)22-9-23-13/h4,7,9-10H,1-3,8H2,(H3,20,21,22,23,24)/t10-/m1/s1. The van der Waals surface area contributed by atoms with Crippen LogP contribution in [0.1, 0.15) is 18.4 Å². The van der Waals surface area contributed by atoms with Crippen molar-refractivity contribution < 1.29 is 0 Å². The molecule has 0 radical (unpaired) electrons. The number of fused-ring (bicyclic) bond motifs is 1. The fraction of sp³-hybridized carbons (Fsp3) is 0.294. The number of piperidine rings is 1. The number of rotatable bonds is 3. The van der Waals surface area contributed by atoms with Crippen molar-refractivity contribution in [3.05, 3.63) is 24.2 Å². The number of pyridine rings is 1. The van der Waals surface area contributed by atoms with E-state index in [1.807, 2.05) is 0 Å². The average Bonchev–Trinajstić information content (AvgIpc) is 3.14. The number of anilines is 4. The monoisotopic (exact) mass is 377 g/mol. The Morgan fingerprint density at radius 3 is 2.96 bits per heavy atom. The molecule has 3 aromatic rings. The summed E-state index contributed by atoms with van der Waals surface area (Å²) in [7, 11) is 0. The van der Waals surface area contributed by atoms with E-state index in [9.17, 15) is 10.5 Å². The molecule has 3 N–H and O–H groups in total. The van der Waals surface area contributed by atoms with Gasteiger partial charge in [-0.1, -0.05) is 11.3 Å². The second-order valence-corrected chi connectivity index (χ2v) is 7.15. The Kier molecular flexibility index (Phi) is 4.40. The van der Waals surface area contributed by atoms with Gasteiger partial charge in [0.1, 0.15) is 34.2 Å². The van der Waals surface area contributed by atoms with Gasteiger partial charge in [0.05, 0.1) is 17.6 Å². The Balaban J connectivity index is 1.74. The number of thiazole rings is 1. The van der Waals surface area contributed by atoms with Crippen LogP contribution in [0.3, 0.4) is 0 Å². The van der Waals surface area contributed by atoms with Crippen LogP contribution >= 0.6 is 11.3 Å². The molecule has 0 aliphatic carbocycles. The molecule has 0 unspecified atom stereocenters. The first-order valence-electron chi connectivity index (χ1n) is 8.36. The molecule has 4 rings (SSSR count). The highest BCUT2D eigenvalue weighted by Crippen LogP contribution is 2.37. The zero-order valence-corrected chi connectivity index (χ0v) is 15.1. The van der Waals surface area contributed by atoms with E-state index in [4.69, 9.17) is 5.73 Å². The van der Waals surface area contributed by atoms with E-state index in [2.05, 4.69) is 42.3 Å². The fourth-order valence-corrected chi connectivity index (χ4v) is 4.09. The third kappa shape index (κ3) is 3.30. The van der Waals surface area contributed by atoms with Crippen LogP contribution in [-0.2, 0) is 0 Å². The van der Waals surface area contributed by atoms with Gasteiger partial charge in [-0.25, -0.2) is 19.9 Å². The maximum absolute atomic E-state index is 9.41. The molecule has 1 aliphatic rings. The van der Waals surface area contributed by atoms with Gasteiger partial charge in [-0.15, -0.1) is 0 Å². The predicted molar refractivity (Wildman–Crippen MR) is 102 cm³/mol. The van der Waals surface area contributed by atoms with Crippen molar-refractivity contribution in [3.8, 4) is 12.1 Å². The first-order valence-corrected chi connectivity index (χ1v) is 9.18. The van der Waals surface area contributed by atoms with E-state index in [1.54, 1.807) is 6.07 Å². The first kappa shape index (κ1) is 16.9. The second-order valence-electron chi connectivity index (χ2n) is 6.17. The molecule has 0 saturated carbocycles. The van der Waals surface area contributed by atoms with E-state index in [0.717, 1.165) is 29.2 Å². The molecule has 1 atom stereocenters. The predicted octanol–water partition coefficient (Wildman–Crippen LogP) is 2.42. The van der Waals surface area contributed by atoms with E-state index < -0.39 is 0 Å². The molecule has 10 heteroatoms. The van der Waals surface area contributed by atoms with Crippen molar-refractivity contribution in [2.24, 2.45) is 5.92 Å². The molecule has 0 spiro atoms. The molecule has 1 aliphatic heterocycles. The average molecular weight is 377 g/mol. The molecule has 0 bridgehead atoms. The highest BCUT2D eigenvalue weighted by Gasteiger charge is 2.24. The second kappa shape index (κ2) is 7.02. The van der Waals surface area contributed by atoms with Gasteiger partial charge in [0.2, 0.25) is 0 Å². The van der Waals surface area contributed by atoms with E-state index in [0.29, 0.717) is 35.1 Å². The lowest BCUT2D eigenvalue weighted by Gasteiger charge is -2.28. The van der Waals surface area contributed by atoms with Crippen molar-refractivity contribution in [1.29, 1.82) is 10.5 Å². The van der Waals surface area contributed by atoms with Crippen LogP contribution in [0.25, 0.3) is 10.2 Å². The van der Waals surface area contributed by atoms with Gasteiger partial charge in [0.15, 0.2) is 10.9 Å². The summed E-state index contributed by atoms with van der Waals surface area (Å²) in [5.41, 5.74) is 6.71. The minimum Gasteiger partial charge on any atom is -0.384 e. The molecule has 134 valence electrons. The van der Waals surface area contributed by atoms with Crippen LogP contribution in [0, 0.1) is 28.6 Å². The third-order valence-electron chi connectivity index (χ3n) is 4.34. The van der Waals surface area contributed by atoms with Crippen molar-refractivity contribution in [2.75, 3.05) is 29.0 Å². The number of nitrogens with one attached hydrogen (secondary N) is 1. The SMILES string of the molecule is N#Cc1cnc(Nc2cc(N)ncn2)c2sc(N3CCC[C@H](C#N)C3)nc12. The lowest BCUT2D eigenvalue weighted by Crippen LogP contribution is -2.34. The van der Waals surface area contributed by atoms with E-state index >= 15 is 0 Å². The summed E-state index contributed by atoms with van der Waals surface area (Å²) in [5.74, 6) is 1.41. The summed E-state index contributed by atoms with van der Waals surface area (Å²) in [4.78, 5) is 19.1. The maximum atomic E-state index is 9.41. The Morgan fingerprint density at radius 2 is 2.19 bits per heavy atom. The zero-order chi connectivity index (χ0) is 18.8. The summed E-state index contributed by atoms with van der Waals surface area (Å²) >= 11 is 1.45. The number of aromatic nitrogens is 4. The van der Waals surface area contributed by atoms with Crippen molar-refractivity contribution >= 4 is 44.1 Å². The van der Waals surface area contributed by atoms with Crippen LogP contribution in [0.5, 0.6) is 0 Å². The van der Waals surface area contributed by atoms with Gasteiger partial charge in [-0.05, 0) is 12.8 Å². The Labute approximate surface area is 159 Å². The van der Waals surface area contributed by atoms with Gasteiger partial charge in [-0.2, -0.15) is 10.5 Å². The van der Waals surface area contributed by atoms with E-state index in [-0.39, 0.29) is 5.92 Å². The Bertz CT molecular complexity index is 1080. The Morgan fingerprint density at radius 1 is 1.30 bits per heavy atom. The lowest BCUT2D eigenvalue weighted by atomic mass is 10.0. The number of nitriles is 2. The van der Waals surface area contributed by atoms with Crippen molar-refractivity contribution in [1.82, 2.24) is 19.9 Å². The third-order valence-corrected chi connectivity index (χ3v) is 5.46. The summed E-state index contributed by atoms with van der Waals surface area (Å²) in [6.07, 6.45) is 4.72. The van der Waals surface area contributed by atoms with Gasteiger partial charge in [0, 0.05) is 25.4 Å². The summed E-state index contributed by atoms with van der Waals surface area (Å²) in [6.45, 7) is 1.50. The smallest absolute Gasteiger partial charge is 0.186 e. The van der Waals surface area contributed by atoms with Gasteiger partial charge in [0.25, 0.3) is 0 Å². The molecule has 4 heterocycles. The molecular formula is C17H15N9S. The first-order chi connectivity index (χ1) is 13.2. The van der Waals surface area contributed by atoms with Gasteiger partial charge >= 0.3 is 0 Å². The van der Waals surface area contributed by atoms with Crippen LogP contribution in [-0.4, -0.2) is 33.0 Å². The summed E-state index contributed by atoms with van der Waals surface area (Å²) < 4.78 is 0.764. The number of hydrogen-bond donors (Lipinski definition) is 2. The quantitative estimate of drug-likeness (QED) is 0.703. The van der Waals surface area contributed by atoms with Crippen molar-refractivity contribution in [3.63, 3.8) is 0 Å². The highest BCUT2D eigenvalue weighted by atomic mass is 32.1. The molecule has 0 aromatic carbocycles. The van der Waals surface area contributed by atoms with Gasteiger partial charge in [-0.3, -0.25) is 0 Å². The van der Waals surface area contributed by atoms with Crippen LogP contribution in [0.15, 0.2) is 18.6 Å². The number of nitrogen functional groups attached to an aromatic ring is 1. The van der Waals surface area contributed by atoms with E-state index in [1.165, 1.54) is 23.9 Å². The molecule has 1 saturated heterocycles. The summed E-state index contributed by atoms with van der Waals surface area (Å²) in [5, 5.41) is 22.6. The van der Waals surface area contributed by atoms with Gasteiger partial charge < -0.3 is 16.0 Å². The molecule has 0 amide bonds. The largest absolute Gasteiger partial charge is 0.384 e. The molecule has 9 nitrogen and oxygen atoms in total. The highest BCUT2D eigenvalue weighted by molar-refractivity contribution is 7.22. The number of hydrogen-bond acceptors (Lipinski definition) is 10.